The highest BCUT2D eigenvalue weighted by Gasteiger charge is 2.21. The standard InChI is InChI=1S/C17H12O6/c18-6-7-22-16-12-8-11(17(20)21)13(19)9-14(12)23-15(16)10-4-2-1-3-5-10/h1-6,8-9,19H,7H2,(H,20,21). The molecule has 6 heteroatoms. The third kappa shape index (κ3) is 2.62. The number of aromatic hydroxyl groups is 1. The van der Waals surface area contributed by atoms with E-state index in [4.69, 9.17) is 14.3 Å². The predicted molar refractivity (Wildman–Crippen MR) is 81.8 cm³/mol. The zero-order valence-electron chi connectivity index (χ0n) is 11.9. The van der Waals surface area contributed by atoms with Crippen molar-refractivity contribution in [3.63, 3.8) is 0 Å². The van der Waals surface area contributed by atoms with Gasteiger partial charge in [0, 0.05) is 11.6 Å². The van der Waals surface area contributed by atoms with Gasteiger partial charge >= 0.3 is 5.97 Å². The third-order valence-corrected chi connectivity index (χ3v) is 3.32. The van der Waals surface area contributed by atoms with Crippen LogP contribution in [0.25, 0.3) is 22.3 Å². The van der Waals surface area contributed by atoms with E-state index in [0.29, 0.717) is 23.0 Å². The molecule has 0 aliphatic heterocycles. The molecule has 0 fully saturated rings. The Labute approximate surface area is 130 Å². The monoisotopic (exact) mass is 312 g/mol. The van der Waals surface area contributed by atoms with Gasteiger partial charge in [0.25, 0.3) is 0 Å². The number of rotatable bonds is 5. The van der Waals surface area contributed by atoms with Crippen molar-refractivity contribution >= 4 is 23.2 Å². The molecular formula is C17H12O6. The van der Waals surface area contributed by atoms with E-state index in [1.54, 1.807) is 12.1 Å². The molecule has 0 aliphatic rings. The van der Waals surface area contributed by atoms with Crippen molar-refractivity contribution in [2.24, 2.45) is 0 Å². The minimum absolute atomic E-state index is 0.197. The Kier molecular flexibility index (Phi) is 3.72. The third-order valence-electron chi connectivity index (χ3n) is 3.32. The Balaban J connectivity index is 2.27. The quantitative estimate of drug-likeness (QED) is 0.703. The smallest absolute Gasteiger partial charge is 0.339 e. The Morgan fingerprint density at radius 3 is 2.61 bits per heavy atom. The fourth-order valence-corrected chi connectivity index (χ4v) is 2.32. The molecular weight excluding hydrogens is 300 g/mol. The van der Waals surface area contributed by atoms with Gasteiger partial charge in [-0.1, -0.05) is 30.3 Å². The number of furan rings is 1. The van der Waals surface area contributed by atoms with Crippen LogP contribution in [0.4, 0.5) is 0 Å². The van der Waals surface area contributed by atoms with Crippen LogP contribution in [0.3, 0.4) is 0 Å². The summed E-state index contributed by atoms with van der Waals surface area (Å²) in [4.78, 5) is 21.8. The fourth-order valence-electron chi connectivity index (χ4n) is 2.32. The first-order valence-corrected chi connectivity index (χ1v) is 6.76. The van der Waals surface area contributed by atoms with Crippen molar-refractivity contribution in [2.45, 2.75) is 0 Å². The first kappa shape index (κ1) is 14.6. The lowest BCUT2D eigenvalue weighted by molar-refractivity contribution is -0.109. The number of fused-ring (bicyclic) bond motifs is 1. The van der Waals surface area contributed by atoms with Crippen LogP contribution < -0.4 is 4.74 Å². The van der Waals surface area contributed by atoms with Crippen LogP contribution in [0.15, 0.2) is 46.9 Å². The molecule has 2 N–H and O–H groups in total. The summed E-state index contributed by atoms with van der Waals surface area (Å²) in [5.41, 5.74) is 0.710. The summed E-state index contributed by atoms with van der Waals surface area (Å²) >= 11 is 0. The normalized spacial score (nSPS) is 10.6. The van der Waals surface area contributed by atoms with Gasteiger partial charge < -0.3 is 19.4 Å². The van der Waals surface area contributed by atoms with Gasteiger partial charge in [-0.05, 0) is 6.07 Å². The van der Waals surface area contributed by atoms with Crippen LogP contribution >= 0.6 is 0 Å². The number of ether oxygens (including phenoxy) is 1. The van der Waals surface area contributed by atoms with E-state index in [1.165, 1.54) is 12.1 Å². The minimum Gasteiger partial charge on any atom is -0.507 e. The van der Waals surface area contributed by atoms with Gasteiger partial charge in [-0.2, -0.15) is 0 Å². The Hall–Kier alpha value is -3.28. The summed E-state index contributed by atoms with van der Waals surface area (Å²) in [5.74, 6) is -1.04. The highest BCUT2D eigenvalue weighted by Crippen LogP contribution is 2.42. The lowest BCUT2D eigenvalue weighted by Gasteiger charge is -2.04. The Morgan fingerprint density at radius 1 is 1.22 bits per heavy atom. The van der Waals surface area contributed by atoms with Crippen LogP contribution in [0.5, 0.6) is 11.5 Å². The molecule has 0 aliphatic carbocycles. The van der Waals surface area contributed by atoms with Crippen molar-refractivity contribution in [2.75, 3.05) is 6.61 Å². The van der Waals surface area contributed by atoms with Gasteiger partial charge in [-0.15, -0.1) is 0 Å². The number of phenols is 1. The van der Waals surface area contributed by atoms with Crippen molar-refractivity contribution in [1.82, 2.24) is 0 Å². The molecule has 3 rings (SSSR count). The lowest BCUT2D eigenvalue weighted by atomic mass is 10.1. The van der Waals surface area contributed by atoms with E-state index < -0.39 is 11.7 Å². The highest BCUT2D eigenvalue weighted by molar-refractivity contribution is 6.00. The van der Waals surface area contributed by atoms with Crippen molar-refractivity contribution in [3.05, 3.63) is 48.0 Å². The molecule has 0 spiro atoms. The van der Waals surface area contributed by atoms with Gasteiger partial charge in [0.15, 0.2) is 17.8 Å². The van der Waals surface area contributed by atoms with E-state index in [0.717, 1.165) is 0 Å². The SMILES string of the molecule is O=CCOc1c(-c2ccccc2)oc2cc(O)c(C(=O)O)cc12. The zero-order valence-corrected chi connectivity index (χ0v) is 11.9. The Morgan fingerprint density at radius 2 is 1.96 bits per heavy atom. The van der Waals surface area contributed by atoms with Crippen LogP contribution in [0.1, 0.15) is 10.4 Å². The second kappa shape index (κ2) is 5.84. The summed E-state index contributed by atoms with van der Waals surface area (Å²) < 4.78 is 11.1. The summed E-state index contributed by atoms with van der Waals surface area (Å²) in [5, 5.41) is 19.3. The van der Waals surface area contributed by atoms with Crippen molar-refractivity contribution in [1.29, 1.82) is 0 Å². The summed E-state index contributed by atoms with van der Waals surface area (Å²) in [6.07, 6.45) is 0.589. The van der Waals surface area contributed by atoms with Crippen LogP contribution in [0, 0.1) is 0 Å². The first-order valence-electron chi connectivity index (χ1n) is 6.76. The van der Waals surface area contributed by atoms with Crippen molar-refractivity contribution in [3.8, 4) is 22.8 Å². The van der Waals surface area contributed by atoms with Crippen LogP contribution in [0.2, 0.25) is 0 Å². The van der Waals surface area contributed by atoms with Gasteiger partial charge in [-0.3, -0.25) is 4.79 Å². The average Bonchev–Trinajstić information content (AvgIpc) is 2.90. The van der Waals surface area contributed by atoms with Gasteiger partial charge in [-0.25, -0.2) is 4.79 Å². The molecule has 3 aromatic rings. The molecule has 0 bridgehead atoms. The number of carboxylic acids is 1. The number of carboxylic acid groups (broad SMARTS) is 1. The number of hydrogen-bond acceptors (Lipinski definition) is 5. The molecule has 0 saturated heterocycles. The highest BCUT2D eigenvalue weighted by atomic mass is 16.5. The van der Waals surface area contributed by atoms with Gasteiger partial charge in [0.05, 0.1) is 5.39 Å². The molecule has 1 aromatic heterocycles. The first-order chi connectivity index (χ1) is 11.1. The fraction of sp³-hybridized carbons (Fsp3) is 0.0588. The van der Waals surface area contributed by atoms with E-state index in [2.05, 4.69) is 0 Å². The lowest BCUT2D eigenvalue weighted by Crippen LogP contribution is -1.99. The van der Waals surface area contributed by atoms with E-state index in [9.17, 15) is 14.7 Å². The maximum Gasteiger partial charge on any atom is 0.339 e. The zero-order chi connectivity index (χ0) is 16.4. The van der Waals surface area contributed by atoms with E-state index in [-0.39, 0.29) is 23.5 Å². The maximum absolute atomic E-state index is 11.2. The molecule has 1 heterocycles. The number of carbonyl (C=O) groups is 2. The second-order valence-corrected chi connectivity index (χ2v) is 4.77. The maximum atomic E-state index is 11.2. The molecule has 116 valence electrons. The van der Waals surface area contributed by atoms with E-state index in [1.807, 2.05) is 18.2 Å². The van der Waals surface area contributed by atoms with Gasteiger partial charge in [0.2, 0.25) is 0 Å². The molecule has 23 heavy (non-hydrogen) atoms. The summed E-state index contributed by atoms with van der Waals surface area (Å²) in [6, 6.07) is 11.5. The number of carbonyl (C=O) groups excluding carboxylic acids is 1. The average molecular weight is 312 g/mol. The van der Waals surface area contributed by atoms with E-state index >= 15 is 0 Å². The second-order valence-electron chi connectivity index (χ2n) is 4.77. The molecule has 2 aromatic carbocycles. The number of benzene rings is 2. The number of hydrogen-bond donors (Lipinski definition) is 2. The van der Waals surface area contributed by atoms with Crippen molar-refractivity contribution < 1.29 is 29.0 Å². The number of aldehydes is 1. The minimum atomic E-state index is -1.27. The van der Waals surface area contributed by atoms with Gasteiger partial charge in [0.1, 0.15) is 23.5 Å². The molecule has 0 radical (unpaired) electrons. The summed E-state index contributed by atoms with van der Waals surface area (Å²) in [7, 11) is 0. The number of aromatic carboxylic acids is 1. The largest absolute Gasteiger partial charge is 0.507 e. The molecule has 0 atom stereocenters. The predicted octanol–water partition coefficient (Wildman–Crippen LogP) is 3.08. The molecule has 0 amide bonds. The van der Waals surface area contributed by atoms with Crippen LogP contribution in [-0.4, -0.2) is 29.1 Å². The summed E-state index contributed by atoms with van der Waals surface area (Å²) in [6.45, 7) is -0.197. The molecule has 0 unspecified atom stereocenters. The Bertz CT molecular complexity index is 879. The van der Waals surface area contributed by atoms with Crippen LogP contribution in [-0.2, 0) is 4.79 Å². The topological polar surface area (TPSA) is 97.0 Å². The molecule has 6 nitrogen and oxygen atoms in total. The molecule has 0 saturated carbocycles.